The van der Waals surface area contributed by atoms with E-state index in [-0.39, 0.29) is 11.5 Å². The first-order valence-electron chi connectivity index (χ1n) is 5.24. The van der Waals surface area contributed by atoms with Gasteiger partial charge in [-0.15, -0.1) is 0 Å². The van der Waals surface area contributed by atoms with Crippen molar-refractivity contribution in [1.82, 2.24) is 0 Å². The molecule has 1 fully saturated rings. The average molecular weight is 238 g/mol. The Balaban J connectivity index is 2.56. The number of rotatable bonds is 4. The number of hydrogen-bond donors (Lipinski definition) is 2. The van der Waals surface area contributed by atoms with Crippen LogP contribution in [0.1, 0.15) is 18.4 Å². The molecule has 92 valence electrons. The van der Waals surface area contributed by atoms with Crippen molar-refractivity contribution in [2.75, 3.05) is 14.2 Å². The number of phenols is 1. The standard InChI is InChI=1S/C12H14O5/c1-16-9-6-8(13)10(17-2)5-7(9)12(3-4-12)11(14)15/h5-6,13H,3-4H2,1-2H3,(H,14,15). The van der Waals surface area contributed by atoms with E-state index >= 15 is 0 Å². The van der Waals surface area contributed by atoms with E-state index in [0.29, 0.717) is 24.2 Å². The summed E-state index contributed by atoms with van der Waals surface area (Å²) in [5.41, 5.74) is -0.325. The van der Waals surface area contributed by atoms with Gasteiger partial charge in [0.2, 0.25) is 0 Å². The van der Waals surface area contributed by atoms with Gasteiger partial charge in [0.1, 0.15) is 5.75 Å². The van der Waals surface area contributed by atoms with Gasteiger partial charge in [-0.2, -0.15) is 0 Å². The van der Waals surface area contributed by atoms with Crippen molar-refractivity contribution in [3.05, 3.63) is 17.7 Å². The van der Waals surface area contributed by atoms with E-state index in [0.717, 1.165) is 0 Å². The largest absolute Gasteiger partial charge is 0.504 e. The first-order chi connectivity index (χ1) is 8.05. The lowest BCUT2D eigenvalue weighted by Crippen LogP contribution is -2.20. The van der Waals surface area contributed by atoms with Gasteiger partial charge in [0.05, 0.1) is 19.6 Å². The third-order valence-corrected chi connectivity index (χ3v) is 3.18. The molecular weight excluding hydrogens is 224 g/mol. The minimum atomic E-state index is -0.883. The second-order valence-corrected chi connectivity index (χ2v) is 4.11. The van der Waals surface area contributed by atoms with Gasteiger partial charge >= 0.3 is 5.97 Å². The van der Waals surface area contributed by atoms with Gasteiger partial charge in [-0.3, -0.25) is 4.79 Å². The van der Waals surface area contributed by atoms with Gasteiger partial charge in [0.25, 0.3) is 0 Å². The molecule has 5 nitrogen and oxygen atoms in total. The molecule has 0 bridgehead atoms. The molecule has 0 atom stereocenters. The van der Waals surface area contributed by atoms with Crippen molar-refractivity contribution >= 4 is 5.97 Å². The third kappa shape index (κ3) is 1.67. The molecule has 5 heteroatoms. The zero-order valence-electron chi connectivity index (χ0n) is 9.69. The second-order valence-electron chi connectivity index (χ2n) is 4.11. The number of phenolic OH excluding ortho intramolecular Hbond substituents is 1. The molecule has 1 saturated carbocycles. The fourth-order valence-electron chi connectivity index (χ4n) is 1.98. The molecule has 1 aliphatic carbocycles. The average Bonchev–Trinajstić information content (AvgIpc) is 3.09. The molecule has 2 N–H and O–H groups in total. The van der Waals surface area contributed by atoms with E-state index in [1.165, 1.54) is 26.4 Å². The highest BCUT2D eigenvalue weighted by Crippen LogP contribution is 2.53. The van der Waals surface area contributed by atoms with Gasteiger partial charge < -0.3 is 19.7 Å². The van der Waals surface area contributed by atoms with Crippen LogP contribution >= 0.6 is 0 Å². The minimum Gasteiger partial charge on any atom is -0.504 e. The highest BCUT2D eigenvalue weighted by molar-refractivity contribution is 5.86. The van der Waals surface area contributed by atoms with E-state index in [9.17, 15) is 15.0 Å². The quantitative estimate of drug-likeness (QED) is 0.831. The number of carbonyl (C=O) groups is 1. The van der Waals surface area contributed by atoms with Crippen molar-refractivity contribution in [2.24, 2.45) is 0 Å². The highest BCUT2D eigenvalue weighted by Gasteiger charge is 2.53. The molecule has 0 amide bonds. The molecule has 0 heterocycles. The predicted molar refractivity (Wildman–Crippen MR) is 59.8 cm³/mol. The topological polar surface area (TPSA) is 76.0 Å². The summed E-state index contributed by atoms with van der Waals surface area (Å²) in [6, 6.07) is 2.92. The Labute approximate surface area is 98.6 Å². The van der Waals surface area contributed by atoms with Gasteiger partial charge in [-0.25, -0.2) is 0 Å². The molecule has 1 aliphatic rings. The van der Waals surface area contributed by atoms with E-state index in [1.54, 1.807) is 0 Å². The Morgan fingerprint density at radius 1 is 1.24 bits per heavy atom. The zero-order chi connectivity index (χ0) is 12.6. The number of hydrogen-bond acceptors (Lipinski definition) is 4. The van der Waals surface area contributed by atoms with Crippen LogP contribution in [0.15, 0.2) is 12.1 Å². The Kier molecular flexibility index (Phi) is 2.61. The number of aliphatic carboxylic acids is 1. The van der Waals surface area contributed by atoms with Crippen LogP contribution in [-0.4, -0.2) is 30.4 Å². The summed E-state index contributed by atoms with van der Waals surface area (Å²) in [7, 11) is 2.87. The Hall–Kier alpha value is -1.91. The second kappa shape index (κ2) is 3.84. The van der Waals surface area contributed by atoms with Crippen LogP contribution in [-0.2, 0) is 10.2 Å². The normalized spacial score (nSPS) is 16.4. The molecule has 17 heavy (non-hydrogen) atoms. The molecule has 0 unspecified atom stereocenters. The molecular formula is C12H14O5. The van der Waals surface area contributed by atoms with Crippen molar-refractivity contribution in [1.29, 1.82) is 0 Å². The van der Waals surface area contributed by atoms with Crippen LogP contribution in [0.4, 0.5) is 0 Å². The SMILES string of the molecule is COc1cc(C2(C(=O)O)CC2)c(OC)cc1O. The highest BCUT2D eigenvalue weighted by atomic mass is 16.5. The van der Waals surface area contributed by atoms with Crippen LogP contribution in [0.2, 0.25) is 0 Å². The molecule has 1 aromatic rings. The predicted octanol–water partition coefficient (Wildman–Crippen LogP) is 1.53. The van der Waals surface area contributed by atoms with Gasteiger partial charge in [-0.1, -0.05) is 0 Å². The Bertz CT molecular complexity index is 462. The maximum Gasteiger partial charge on any atom is 0.314 e. The van der Waals surface area contributed by atoms with Crippen molar-refractivity contribution in [3.63, 3.8) is 0 Å². The number of benzene rings is 1. The summed E-state index contributed by atoms with van der Waals surface area (Å²) in [5, 5.41) is 18.9. The number of carboxylic acids is 1. The third-order valence-electron chi connectivity index (χ3n) is 3.18. The van der Waals surface area contributed by atoms with E-state index in [4.69, 9.17) is 9.47 Å². The number of ether oxygens (including phenoxy) is 2. The number of methoxy groups -OCH3 is 2. The lowest BCUT2D eigenvalue weighted by atomic mass is 9.94. The zero-order valence-corrected chi connectivity index (χ0v) is 9.69. The molecule has 0 saturated heterocycles. The molecule has 0 spiro atoms. The first-order valence-corrected chi connectivity index (χ1v) is 5.24. The van der Waals surface area contributed by atoms with E-state index < -0.39 is 11.4 Å². The van der Waals surface area contributed by atoms with Crippen LogP contribution < -0.4 is 9.47 Å². The van der Waals surface area contributed by atoms with E-state index in [2.05, 4.69) is 0 Å². The molecule has 1 aromatic carbocycles. The fraction of sp³-hybridized carbons (Fsp3) is 0.417. The number of carboxylic acid groups (broad SMARTS) is 1. The lowest BCUT2D eigenvalue weighted by molar-refractivity contribution is -0.140. The maximum absolute atomic E-state index is 11.3. The molecule has 0 aromatic heterocycles. The lowest BCUT2D eigenvalue weighted by Gasteiger charge is -2.16. The van der Waals surface area contributed by atoms with Crippen molar-refractivity contribution in [2.45, 2.75) is 18.3 Å². The van der Waals surface area contributed by atoms with Gasteiger partial charge in [0.15, 0.2) is 11.5 Å². The van der Waals surface area contributed by atoms with Crippen LogP contribution in [0.25, 0.3) is 0 Å². The summed E-state index contributed by atoms with van der Waals surface area (Å²) in [6.45, 7) is 0. The van der Waals surface area contributed by atoms with Gasteiger partial charge in [-0.05, 0) is 18.9 Å². The van der Waals surface area contributed by atoms with Gasteiger partial charge in [0, 0.05) is 11.6 Å². The monoisotopic (exact) mass is 238 g/mol. The Morgan fingerprint density at radius 3 is 2.24 bits per heavy atom. The smallest absolute Gasteiger partial charge is 0.314 e. The molecule has 0 aliphatic heterocycles. The minimum absolute atomic E-state index is 0.0608. The van der Waals surface area contributed by atoms with Crippen molar-refractivity contribution in [3.8, 4) is 17.2 Å². The summed E-state index contributed by atoms with van der Waals surface area (Å²) in [5.74, 6) is -0.297. The number of aromatic hydroxyl groups is 1. The van der Waals surface area contributed by atoms with Crippen LogP contribution in [0, 0.1) is 0 Å². The summed E-state index contributed by atoms with van der Waals surface area (Å²) in [6.07, 6.45) is 1.15. The Morgan fingerprint density at radius 2 is 1.82 bits per heavy atom. The van der Waals surface area contributed by atoms with Crippen molar-refractivity contribution < 1.29 is 24.5 Å². The molecule has 2 rings (SSSR count). The molecule has 0 radical (unpaired) electrons. The summed E-state index contributed by atoms with van der Waals surface area (Å²) in [4.78, 5) is 11.3. The summed E-state index contributed by atoms with van der Waals surface area (Å²) < 4.78 is 10.1. The fourth-order valence-corrected chi connectivity index (χ4v) is 1.98. The van der Waals surface area contributed by atoms with E-state index in [1.807, 2.05) is 0 Å². The first kappa shape index (κ1) is 11.6. The van der Waals surface area contributed by atoms with Crippen LogP contribution in [0.3, 0.4) is 0 Å². The van der Waals surface area contributed by atoms with Crippen LogP contribution in [0.5, 0.6) is 17.2 Å². The summed E-state index contributed by atoms with van der Waals surface area (Å²) >= 11 is 0. The maximum atomic E-state index is 11.3.